The lowest BCUT2D eigenvalue weighted by Gasteiger charge is -2.29. The van der Waals surface area contributed by atoms with Crippen molar-refractivity contribution in [3.05, 3.63) is 195 Å². The Hall–Kier alpha value is -5.28. The molecule has 6 rings (SSSR count). The monoisotopic (exact) mass is 660 g/mol. The van der Waals surface area contributed by atoms with E-state index in [2.05, 4.69) is 114 Å². The Balaban J connectivity index is 1.45. The third-order valence-electron chi connectivity index (χ3n) is 10.8. The molecule has 0 aliphatic heterocycles. The quantitative estimate of drug-likeness (QED) is 0.137. The number of hydrogen-bond donors (Lipinski definition) is 3. The van der Waals surface area contributed by atoms with E-state index >= 15 is 0 Å². The van der Waals surface area contributed by atoms with Crippen LogP contribution in [0.25, 0.3) is 0 Å². The first-order chi connectivity index (χ1) is 23.8. The first-order valence-corrected chi connectivity index (χ1v) is 17.4. The summed E-state index contributed by atoms with van der Waals surface area (Å²) in [5, 5.41) is 34.3. The van der Waals surface area contributed by atoms with Crippen molar-refractivity contribution in [2.24, 2.45) is 0 Å². The van der Waals surface area contributed by atoms with Gasteiger partial charge >= 0.3 is 0 Å². The molecule has 0 fully saturated rings. The topological polar surface area (TPSA) is 60.7 Å². The predicted molar refractivity (Wildman–Crippen MR) is 206 cm³/mol. The summed E-state index contributed by atoms with van der Waals surface area (Å²) in [6.07, 6.45) is 0.685. The van der Waals surface area contributed by atoms with Gasteiger partial charge < -0.3 is 15.3 Å². The molecule has 0 unspecified atom stereocenters. The van der Waals surface area contributed by atoms with Crippen molar-refractivity contribution in [1.29, 1.82) is 0 Å². The van der Waals surface area contributed by atoms with Gasteiger partial charge in [-0.2, -0.15) is 0 Å². The Morgan fingerprint density at radius 2 is 0.640 bits per heavy atom. The lowest BCUT2D eigenvalue weighted by Crippen LogP contribution is -2.20. The highest BCUT2D eigenvalue weighted by atomic mass is 16.3. The molecule has 0 aliphatic carbocycles. The molecule has 0 heterocycles. The van der Waals surface area contributed by atoms with E-state index in [-0.39, 0.29) is 33.5 Å². The van der Waals surface area contributed by atoms with Crippen molar-refractivity contribution >= 4 is 0 Å². The van der Waals surface area contributed by atoms with Crippen LogP contribution in [0.5, 0.6) is 17.2 Å². The summed E-state index contributed by atoms with van der Waals surface area (Å²) in [6.45, 7) is 13.2. The third-order valence-corrected chi connectivity index (χ3v) is 10.8. The molecule has 6 aromatic carbocycles. The summed E-state index contributed by atoms with van der Waals surface area (Å²) in [5.74, 6) is 0.566. The normalized spacial score (nSPS) is 12.2. The molecule has 0 saturated heterocycles. The van der Waals surface area contributed by atoms with Crippen LogP contribution in [-0.4, -0.2) is 15.3 Å². The minimum atomic E-state index is -0.378. The summed E-state index contributed by atoms with van der Waals surface area (Å²) >= 11 is 0. The molecule has 0 amide bonds. The van der Waals surface area contributed by atoms with Crippen LogP contribution in [0.1, 0.15) is 97.2 Å². The second kappa shape index (κ2) is 13.6. The van der Waals surface area contributed by atoms with E-state index in [0.29, 0.717) is 12.8 Å². The van der Waals surface area contributed by atoms with Crippen molar-refractivity contribution in [3.63, 3.8) is 0 Å². The number of rotatable bonds is 10. The molecule has 50 heavy (non-hydrogen) atoms. The van der Waals surface area contributed by atoms with Gasteiger partial charge in [0.05, 0.1) is 0 Å². The fourth-order valence-corrected chi connectivity index (χ4v) is 7.10. The molecular formula is C47H48O3. The maximum Gasteiger partial charge on any atom is 0.122 e. The summed E-state index contributed by atoms with van der Waals surface area (Å²) < 4.78 is 0. The molecule has 3 N–H and O–H groups in total. The second-order valence-corrected chi connectivity index (χ2v) is 15.2. The highest BCUT2D eigenvalue weighted by Gasteiger charge is 2.28. The third kappa shape index (κ3) is 6.78. The lowest BCUT2D eigenvalue weighted by atomic mass is 9.75. The maximum absolute atomic E-state index is 12.0. The Morgan fingerprint density at radius 1 is 0.340 bits per heavy atom. The van der Waals surface area contributed by atoms with Crippen molar-refractivity contribution in [2.45, 2.75) is 70.6 Å². The average Bonchev–Trinajstić information content (AvgIpc) is 3.12. The molecular weight excluding hydrogens is 613 g/mol. The van der Waals surface area contributed by atoms with Crippen LogP contribution in [0.15, 0.2) is 140 Å². The SMILES string of the molecule is CC(C)(c1ccccc1)c1ccc(O)c(Cc2cc(C(C)(C)c3ccccc3)cc(Cc3cc(C(C)(C)c4ccccc4)ccc3O)c2O)c1. The largest absolute Gasteiger partial charge is 0.508 e. The zero-order valence-electron chi connectivity index (χ0n) is 30.0. The van der Waals surface area contributed by atoms with Gasteiger partial charge in [-0.3, -0.25) is 0 Å². The molecule has 254 valence electrons. The van der Waals surface area contributed by atoms with Gasteiger partial charge in [0.15, 0.2) is 0 Å². The van der Waals surface area contributed by atoms with Crippen molar-refractivity contribution < 1.29 is 15.3 Å². The highest BCUT2D eigenvalue weighted by Crippen LogP contribution is 2.41. The molecule has 0 aliphatic rings. The standard InChI is InChI=1S/C47H48O3/c1-45(2,36-16-10-7-11-17-36)39-22-24-42(48)32(28-39)26-34-30-41(47(5,6)38-20-14-9-15-21-38)31-35(44(34)50)27-33-29-40(23-25-43(33)49)46(3,4)37-18-12-8-13-19-37/h7-25,28-31,48-50H,26-27H2,1-6H3. The van der Waals surface area contributed by atoms with E-state index in [0.717, 1.165) is 44.5 Å². The summed E-state index contributed by atoms with van der Waals surface area (Å²) in [6, 6.07) is 46.9. The highest BCUT2D eigenvalue weighted by molar-refractivity contribution is 5.55. The zero-order valence-corrected chi connectivity index (χ0v) is 30.0. The van der Waals surface area contributed by atoms with Gasteiger partial charge in [0.2, 0.25) is 0 Å². The fraction of sp³-hybridized carbons (Fsp3) is 0.234. The molecule has 3 nitrogen and oxygen atoms in total. The first-order valence-electron chi connectivity index (χ1n) is 17.4. The smallest absolute Gasteiger partial charge is 0.122 e. The van der Waals surface area contributed by atoms with E-state index in [9.17, 15) is 15.3 Å². The van der Waals surface area contributed by atoms with E-state index in [1.54, 1.807) is 12.1 Å². The molecule has 0 aromatic heterocycles. The van der Waals surface area contributed by atoms with Gasteiger partial charge in [0, 0.05) is 29.1 Å². The van der Waals surface area contributed by atoms with E-state index < -0.39 is 0 Å². The van der Waals surface area contributed by atoms with E-state index in [4.69, 9.17) is 0 Å². The number of phenolic OH excluding ortho intramolecular Hbond substituents is 3. The van der Waals surface area contributed by atoms with Crippen LogP contribution >= 0.6 is 0 Å². The average molecular weight is 661 g/mol. The van der Waals surface area contributed by atoms with Crippen LogP contribution in [-0.2, 0) is 29.1 Å². The van der Waals surface area contributed by atoms with Crippen molar-refractivity contribution in [1.82, 2.24) is 0 Å². The van der Waals surface area contributed by atoms with Crippen LogP contribution in [0.3, 0.4) is 0 Å². The van der Waals surface area contributed by atoms with Gasteiger partial charge in [-0.05, 0) is 67.8 Å². The van der Waals surface area contributed by atoms with Gasteiger partial charge in [-0.25, -0.2) is 0 Å². The van der Waals surface area contributed by atoms with Gasteiger partial charge in [-0.1, -0.05) is 169 Å². The Morgan fingerprint density at radius 3 is 0.980 bits per heavy atom. The van der Waals surface area contributed by atoms with Crippen LogP contribution in [0.2, 0.25) is 0 Å². The van der Waals surface area contributed by atoms with Crippen molar-refractivity contribution in [2.75, 3.05) is 0 Å². The maximum atomic E-state index is 12.0. The fourth-order valence-electron chi connectivity index (χ4n) is 7.10. The predicted octanol–water partition coefficient (Wildman–Crippen LogP) is 11.0. The van der Waals surface area contributed by atoms with E-state index in [1.807, 2.05) is 54.6 Å². The van der Waals surface area contributed by atoms with Gasteiger partial charge in [0.25, 0.3) is 0 Å². The molecule has 6 aromatic rings. The zero-order chi connectivity index (χ0) is 35.7. The molecule has 0 bridgehead atoms. The molecule has 0 atom stereocenters. The summed E-state index contributed by atoms with van der Waals surface area (Å²) in [4.78, 5) is 0. The van der Waals surface area contributed by atoms with Crippen LogP contribution in [0.4, 0.5) is 0 Å². The molecule has 0 saturated carbocycles. The Labute approximate surface area is 297 Å². The lowest BCUT2D eigenvalue weighted by molar-refractivity contribution is 0.455. The summed E-state index contributed by atoms with van der Waals surface area (Å²) in [5.41, 5.74) is 8.74. The summed E-state index contributed by atoms with van der Waals surface area (Å²) in [7, 11) is 0. The van der Waals surface area contributed by atoms with Crippen LogP contribution < -0.4 is 0 Å². The molecule has 3 heteroatoms. The molecule has 0 radical (unpaired) electrons. The second-order valence-electron chi connectivity index (χ2n) is 15.2. The minimum Gasteiger partial charge on any atom is -0.508 e. The molecule has 0 spiro atoms. The Bertz CT molecular complexity index is 1970. The first kappa shape index (κ1) is 34.6. The van der Waals surface area contributed by atoms with Crippen molar-refractivity contribution in [3.8, 4) is 17.2 Å². The Kier molecular flexibility index (Phi) is 9.37. The number of benzene rings is 6. The van der Waals surface area contributed by atoms with Gasteiger partial charge in [0.1, 0.15) is 17.2 Å². The van der Waals surface area contributed by atoms with E-state index in [1.165, 1.54) is 11.1 Å². The number of hydrogen-bond acceptors (Lipinski definition) is 3. The number of aromatic hydroxyl groups is 3. The minimum absolute atomic E-state index is 0.178. The van der Waals surface area contributed by atoms with Gasteiger partial charge in [-0.15, -0.1) is 0 Å². The van der Waals surface area contributed by atoms with Crippen LogP contribution in [0, 0.1) is 0 Å². The number of phenols is 3.